The van der Waals surface area contributed by atoms with Crippen molar-refractivity contribution in [2.75, 3.05) is 13.2 Å². The molecule has 0 aliphatic carbocycles. The minimum Gasteiger partial charge on any atom is -0.508 e. The molecule has 2 aromatic rings. The number of ketones is 1. The number of aryl methyl sites for hydroxylation is 2. The summed E-state index contributed by atoms with van der Waals surface area (Å²) in [5, 5.41) is 12.0. The van der Waals surface area contributed by atoms with Crippen LogP contribution >= 0.6 is 0 Å². The van der Waals surface area contributed by atoms with Crippen molar-refractivity contribution in [3.8, 4) is 11.5 Å². The SMILES string of the molecule is Cc1ccc(C)c(OCCCC(C)(C)C(=O)NCC(=O)c2ccc(O)cc2)c1. The zero-order chi connectivity index (χ0) is 20.7. The average molecular weight is 383 g/mol. The number of amides is 1. The molecular weight excluding hydrogens is 354 g/mol. The van der Waals surface area contributed by atoms with Crippen molar-refractivity contribution in [1.29, 1.82) is 0 Å². The first-order chi connectivity index (χ1) is 13.2. The molecule has 2 rings (SSSR count). The zero-order valence-electron chi connectivity index (χ0n) is 17.0. The summed E-state index contributed by atoms with van der Waals surface area (Å²) in [6.45, 7) is 8.24. The van der Waals surface area contributed by atoms with Gasteiger partial charge in [-0.2, -0.15) is 0 Å². The van der Waals surface area contributed by atoms with Crippen LogP contribution in [0.5, 0.6) is 11.5 Å². The summed E-state index contributed by atoms with van der Waals surface area (Å²) >= 11 is 0. The van der Waals surface area contributed by atoms with Crippen molar-refractivity contribution in [3.05, 3.63) is 59.2 Å². The standard InChI is InChI=1S/C23H29NO4/c1-16-6-7-17(2)21(14-16)28-13-5-12-23(3,4)22(27)24-15-20(26)18-8-10-19(25)11-9-18/h6-11,14,25H,5,12-13,15H2,1-4H3,(H,24,27). The highest BCUT2D eigenvalue weighted by Crippen LogP contribution is 2.24. The number of benzene rings is 2. The van der Waals surface area contributed by atoms with E-state index < -0.39 is 5.41 Å². The molecule has 1 amide bonds. The second-order valence-corrected chi connectivity index (χ2v) is 7.76. The van der Waals surface area contributed by atoms with Gasteiger partial charge in [0.2, 0.25) is 5.91 Å². The van der Waals surface area contributed by atoms with Crippen molar-refractivity contribution in [2.45, 2.75) is 40.5 Å². The van der Waals surface area contributed by atoms with E-state index in [1.807, 2.05) is 39.8 Å². The summed E-state index contributed by atoms with van der Waals surface area (Å²) in [6.07, 6.45) is 1.39. The van der Waals surface area contributed by atoms with E-state index in [1.54, 1.807) is 12.1 Å². The second-order valence-electron chi connectivity index (χ2n) is 7.76. The van der Waals surface area contributed by atoms with Gasteiger partial charge in [0.15, 0.2) is 5.78 Å². The minimum atomic E-state index is -0.597. The molecule has 150 valence electrons. The van der Waals surface area contributed by atoms with E-state index in [0.717, 1.165) is 23.3 Å². The molecule has 0 saturated carbocycles. The summed E-state index contributed by atoms with van der Waals surface area (Å²) in [4.78, 5) is 24.6. The van der Waals surface area contributed by atoms with E-state index in [-0.39, 0.29) is 24.0 Å². The highest BCUT2D eigenvalue weighted by molar-refractivity contribution is 5.99. The van der Waals surface area contributed by atoms with Crippen LogP contribution in [0, 0.1) is 19.3 Å². The van der Waals surface area contributed by atoms with Crippen molar-refractivity contribution >= 4 is 11.7 Å². The summed E-state index contributed by atoms with van der Waals surface area (Å²) in [5.74, 6) is 0.625. The molecule has 5 heteroatoms. The van der Waals surface area contributed by atoms with E-state index >= 15 is 0 Å². The van der Waals surface area contributed by atoms with Crippen LogP contribution in [0.4, 0.5) is 0 Å². The summed E-state index contributed by atoms with van der Waals surface area (Å²) in [5.41, 5.74) is 2.10. The molecule has 28 heavy (non-hydrogen) atoms. The summed E-state index contributed by atoms with van der Waals surface area (Å²) in [7, 11) is 0. The molecule has 0 aliphatic heterocycles. The normalized spacial score (nSPS) is 11.1. The fourth-order valence-corrected chi connectivity index (χ4v) is 2.82. The fraction of sp³-hybridized carbons (Fsp3) is 0.391. The quantitative estimate of drug-likeness (QED) is 0.503. The monoisotopic (exact) mass is 383 g/mol. The van der Waals surface area contributed by atoms with Gasteiger partial charge in [-0.1, -0.05) is 26.0 Å². The van der Waals surface area contributed by atoms with Crippen LogP contribution in [-0.4, -0.2) is 29.9 Å². The highest BCUT2D eigenvalue weighted by Gasteiger charge is 2.27. The number of phenols is 1. The Morgan fingerprint density at radius 2 is 1.75 bits per heavy atom. The lowest BCUT2D eigenvalue weighted by Crippen LogP contribution is -2.39. The molecule has 0 radical (unpaired) electrons. The number of Topliss-reactive ketones (excluding diaryl/α,β-unsaturated/α-hetero) is 1. The van der Waals surface area contributed by atoms with Gasteiger partial charge in [-0.3, -0.25) is 9.59 Å². The van der Waals surface area contributed by atoms with Gasteiger partial charge >= 0.3 is 0 Å². The number of nitrogens with one attached hydrogen (secondary N) is 1. The van der Waals surface area contributed by atoms with Gasteiger partial charge in [-0.25, -0.2) is 0 Å². The minimum absolute atomic E-state index is 0.0635. The number of phenolic OH excluding ortho intramolecular Hbond substituents is 1. The van der Waals surface area contributed by atoms with Gasteiger partial charge in [-0.15, -0.1) is 0 Å². The third kappa shape index (κ3) is 6.12. The number of carbonyl (C=O) groups is 2. The van der Waals surface area contributed by atoms with E-state index in [9.17, 15) is 14.7 Å². The summed E-state index contributed by atoms with van der Waals surface area (Å²) in [6, 6.07) is 12.1. The fourth-order valence-electron chi connectivity index (χ4n) is 2.82. The van der Waals surface area contributed by atoms with Crippen molar-refractivity contribution in [2.24, 2.45) is 5.41 Å². The van der Waals surface area contributed by atoms with Gasteiger partial charge in [0.05, 0.1) is 13.2 Å². The Morgan fingerprint density at radius 1 is 1.07 bits per heavy atom. The number of aromatic hydroxyl groups is 1. The predicted octanol–water partition coefficient (Wildman–Crippen LogP) is 4.19. The maximum atomic E-state index is 12.5. The van der Waals surface area contributed by atoms with Crippen LogP contribution in [0.2, 0.25) is 0 Å². The molecule has 0 saturated heterocycles. The molecule has 0 aromatic heterocycles. The first-order valence-corrected chi connectivity index (χ1v) is 9.49. The predicted molar refractivity (Wildman–Crippen MR) is 110 cm³/mol. The lowest BCUT2D eigenvalue weighted by Gasteiger charge is -2.23. The average Bonchev–Trinajstić information content (AvgIpc) is 2.66. The molecule has 5 nitrogen and oxygen atoms in total. The molecule has 2 N–H and O–H groups in total. The van der Waals surface area contributed by atoms with Crippen LogP contribution in [0.3, 0.4) is 0 Å². The Balaban J connectivity index is 1.78. The van der Waals surface area contributed by atoms with Crippen LogP contribution in [0.25, 0.3) is 0 Å². The highest BCUT2D eigenvalue weighted by atomic mass is 16.5. The van der Waals surface area contributed by atoms with Crippen LogP contribution in [0.15, 0.2) is 42.5 Å². The lowest BCUT2D eigenvalue weighted by molar-refractivity contribution is -0.129. The molecule has 0 atom stereocenters. The molecule has 2 aromatic carbocycles. The van der Waals surface area contributed by atoms with E-state index in [4.69, 9.17) is 4.74 Å². The second kappa shape index (κ2) is 9.40. The van der Waals surface area contributed by atoms with E-state index in [2.05, 4.69) is 11.4 Å². The Hall–Kier alpha value is -2.82. The van der Waals surface area contributed by atoms with Crippen LogP contribution in [0.1, 0.15) is 48.2 Å². The number of carbonyl (C=O) groups excluding carboxylic acids is 2. The third-order valence-electron chi connectivity index (χ3n) is 4.76. The molecule has 0 fully saturated rings. The number of ether oxygens (including phenoxy) is 1. The molecule has 0 bridgehead atoms. The van der Waals surface area contributed by atoms with Gasteiger partial charge in [0, 0.05) is 11.0 Å². The molecule has 0 aliphatic rings. The van der Waals surface area contributed by atoms with Crippen LogP contribution < -0.4 is 10.1 Å². The lowest BCUT2D eigenvalue weighted by atomic mass is 9.87. The van der Waals surface area contributed by atoms with Gasteiger partial charge in [-0.05, 0) is 68.1 Å². The number of rotatable bonds is 9. The largest absolute Gasteiger partial charge is 0.508 e. The van der Waals surface area contributed by atoms with Gasteiger partial charge in [0.1, 0.15) is 11.5 Å². The Morgan fingerprint density at radius 3 is 2.43 bits per heavy atom. The Labute approximate surface area is 166 Å². The molecule has 0 heterocycles. The maximum Gasteiger partial charge on any atom is 0.226 e. The third-order valence-corrected chi connectivity index (χ3v) is 4.76. The van der Waals surface area contributed by atoms with Crippen molar-refractivity contribution in [1.82, 2.24) is 5.32 Å². The van der Waals surface area contributed by atoms with Gasteiger partial charge < -0.3 is 15.2 Å². The Kier molecular flexibility index (Phi) is 7.21. The number of hydrogen-bond donors (Lipinski definition) is 2. The van der Waals surface area contributed by atoms with Crippen molar-refractivity contribution < 1.29 is 19.4 Å². The first kappa shape index (κ1) is 21.5. The zero-order valence-corrected chi connectivity index (χ0v) is 17.0. The van der Waals surface area contributed by atoms with Crippen LogP contribution in [-0.2, 0) is 4.79 Å². The summed E-state index contributed by atoms with van der Waals surface area (Å²) < 4.78 is 5.85. The van der Waals surface area contributed by atoms with E-state index in [1.165, 1.54) is 12.1 Å². The first-order valence-electron chi connectivity index (χ1n) is 9.49. The molecular formula is C23H29NO4. The number of hydrogen-bond acceptors (Lipinski definition) is 4. The van der Waals surface area contributed by atoms with E-state index in [0.29, 0.717) is 18.6 Å². The molecule has 0 spiro atoms. The molecule has 0 unspecified atom stereocenters. The maximum absolute atomic E-state index is 12.5. The smallest absolute Gasteiger partial charge is 0.226 e. The van der Waals surface area contributed by atoms with Gasteiger partial charge in [0.25, 0.3) is 0 Å². The topological polar surface area (TPSA) is 75.6 Å². The van der Waals surface area contributed by atoms with Crippen molar-refractivity contribution in [3.63, 3.8) is 0 Å². The Bertz CT molecular complexity index is 825.